The molecule has 0 spiro atoms. The highest BCUT2D eigenvalue weighted by atomic mass is 35.5. The van der Waals surface area contributed by atoms with Gasteiger partial charge in [-0.1, -0.05) is 42.5 Å². The summed E-state index contributed by atoms with van der Waals surface area (Å²) in [6.45, 7) is 2.22. The Hall–Kier alpha value is -2.08. The summed E-state index contributed by atoms with van der Waals surface area (Å²) in [4.78, 5) is 11.9. The minimum atomic E-state index is -0.776. The van der Waals surface area contributed by atoms with Crippen LogP contribution in [0.5, 0.6) is 5.75 Å². The number of aliphatic hydroxyl groups excluding tert-OH is 1. The number of carbonyl (C=O) groups is 1. The minimum Gasteiger partial charge on any atom is -0.491 e. The normalized spacial score (nSPS) is 12.6. The monoisotopic (exact) mass is 364 g/mol. The maximum absolute atomic E-state index is 11.9. The number of halogens is 1. The molecule has 0 aromatic heterocycles. The lowest BCUT2D eigenvalue weighted by Gasteiger charge is -2.15. The van der Waals surface area contributed by atoms with Crippen molar-refractivity contribution in [1.82, 2.24) is 5.32 Å². The van der Waals surface area contributed by atoms with Crippen LogP contribution in [0.3, 0.4) is 0 Å². The average molecular weight is 365 g/mol. The number of hydrogen-bond acceptors (Lipinski definition) is 4. The smallest absolute Gasteiger partial charge is 0.221 e. The Morgan fingerprint density at radius 2 is 1.92 bits per heavy atom. The van der Waals surface area contributed by atoms with Gasteiger partial charge in [0.15, 0.2) is 0 Å². The highest BCUT2D eigenvalue weighted by Gasteiger charge is 2.13. The molecule has 2 atom stereocenters. The van der Waals surface area contributed by atoms with Crippen LogP contribution in [0.15, 0.2) is 54.6 Å². The SMILES string of the molecule is Cc1cccc(OCC(O)CNC(=O)CC(N)c2ccccc2)c1.Cl. The molecule has 25 heavy (non-hydrogen) atoms. The van der Waals surface area contributed by atoms with Gasteiger partial charge in [-0.15, -0.1) is 12.4 Å². The Morgan fingerprint density at radius 1 is 1.20 bits per heavy atom. The molecular formula is C19H25ClN2O3. The van der Waals surface area contributed by atoms with Crippen LogP contribution < -0.4 is 15.8 Å². The predicted molar refractivity (Wildman–Crippen MR) is 101 cm³/mol. The molecule has 5 nitrogen and oxygen atoms in total. The molecule has 0 aliphatic carbocycles. The maximum atomic E-state index is 11.9. The van der Waals surface area contributed by atoms with Gasteiger partial charge in [0.1, 0.15) is 18.5 Å². The van der Waals surface area contributed by atoms with Crippen molar-refractivity contribution in [2.45, 2.75) is 25.5 Å². The van der Waals surface area contributed by atoms with E-state index < -0.39 is 6.10 Å². The molecule has 136 valence electrons. The van der Waals surface area contributed by atoms with Gasteiger partial charge in [0.25, 0.3) is 0 Å². The molecule has 0 heterocycles. The summed E-state index contributed by atoms with van der Waals surface area (Å²) >= 11 is 0. The number of ether oxygens (including phenoxy) is 1. The van der Waals surface area contributed by atoms with E-state index in [0.29, 0.717) is 5.75 Å². The lowest BCUT2D eigenvalue weighted by molar-refractivity contribution is -0.122. The van der Waals surface area contributed by atoms with Crippen molar-refractivity contribution in [1.29, 1.82) is 0 Å². The van der Waals surface area contributed by atoms with E-state index in [1.165, 1.54) is 0 Å². The molecule has 0 fully saturated rings. The van der Waals surface area contributed by atoms with Gasteiger partial charge in [0, 0.05) is 19.0 Å². The first-order valence-electron chi connectivity index (χ1n) is 7.99. The number of nitrogens with two attached hydrogens (primary N) is 1. The molecule has 2 aromatic carbocycles. The molecule has 2 rings (SSSR count). The number of benzene rings is 2. The van der Waals surface area contributed by atoms with Gasteiger partial charge in [-0.3, -0.25) is 4.79 Å². The lowest BCUT2D eigenvalue weighted by atomic mass is 10.0. The summed E-state index contributed by atoms with van der Waals surface area (Å²) in [6.07, 6.45) is -0.599. The van der Waals surface area contributed by atoms with Gasteiger partial charge in [-0.05, 0) is 30.2 Å². The Labute approximate surface area is 154 Å². The third-order valence-corrected chi connectivity index (χ3v) is 3.60. The Bertz CT molecular complexity index is 652. The summed E-state index contributed by atoms with van der Waals surface area (Å²) in [7, 11) is 0. The van der Waals surface area contributed by atoms with Crippen LogP contribution in [0.4, 0.5) is 0 Å². The first-order chi connectivity index (χ1) is 11.5. The fraction of sp³-hybridized carbons (Fsp3) is 0.316. The zero-order chi connectivity index (χ0) is 17.4. The van der Waals surface area contributed by atoms with E-state index in [0.717, 1.165) is 11.1 Å². The van der Waals surface area contributed by atoms with Crippen molar-refractivity contribution in [2.24, 2.45) is 5.73 Å². The topological polar surface area (TPSA) is 84.6 Å². The number of hydrogen-bond donors (Lipinski definition) is 3. The summed E-state index contributed by atoms with van der Waals surface area (Å²) in [6, 6.07) is 16.7. The first kappa shape index (κ1) is 21.0. The zero-order valence-electron chi connectivity index (χ0n) is 14.2. The number of amides is 1. The number of carbonyl (C=O) groups excluding carboxylic acids is 1. The second-order valence-electron chi connectivity index (χ2n) is 5.81. The van der Waals surface area contributed by atoms with Crippen LogP contribution >= 0.6 is 12.4 Å². The second-order valence-corrected chi connectivity index (χ2v) is 5.81. The molecule has 6 heteroatoms. The fourth-order valence-electron chi connectivity index (χ4n) is 2.28. The van der Waals surface area contributed by atoms with E-state index in [2.05, 4.69) is 5.32 Å². The molecule has 0 saturated heterocycles. The van der Waals surface area contributed by atoms with Gasteiger partial charge >= 0.3 is 0 Å². The van der Waals surface area contributed by atoms with Crippen LogP contribution in [0.2, 0.25) is 0 Å². The molecule has 0 bridgehead atoms. The van der Waals surface area contributed by atoms with Crippen molar-refractivity contribution in [3.05, 3.63) is 65.7 Å². The van der Waals surface area contributed by atoms with Crippen molar-refractivity contribution in [2.75, 3.05) is 13.2 Å². The predicted octanol–water partition coefficient (Wildman–Crippen LogP) is 2.36. The number of aryl methyl sites for hydroxylation is 1. The zero-order valence-corrected chi connectivity index (χ0v) is 15.0. The van der Waals surface area contributed by atoms with E-state index in [4.69, 9.17) is 10.5 Å². The summed E-state index contributed by atoms with van der Waals surface area (Å²) in [5, 5.41) is 12.6. The lowest BCUT2D eigenvalue weighted by Crippen LogP contribution is -2.36. The summed E-state index contributed by atoms with van der Waals surface area (Å²) in [5.74, 6) is 0.507. The highest BCUT2D eigenvalue weighted by Crippen LogP contribution is 2.13. The van der Waals surface area contributed by atoms with Crippen molar-refractivity contribution in [3.8, 4) is 5.75 Å². The molecule has 0 aliphatic heterocycles. The van der Waals surface area contributed by atoms with Crippen molar-refractivity contribution >= 4 is 18.3 Å². The third-order valence-electron chi connectivity index (χ3n) is 3.60. The van der Waals surface area contributed by atoms with E-state index in [9.17, 15) is 9.90 Å². The number of rotatable bonds is 8. The molecule has 0 saturated carbocycles. The van der Waals surface area contributed by atoms with E-state index in [1.807, 2.05) is 61.5 Å². The Balaban J connectivity index is 0.00000312. The van der Waals surface area contributed by atoms with Crippen molar-refractivity contribution in [3.63, 3.8) is 0 Å². The quantitative estimate of drug-likeness (QED) is 0.671. The highest BCUT2D eigenvalue weighted by molar-refractivity contribution is 5.85. The molecular weight excluding hydrogens is 340 g/mol. The van der Waals surface area contributed by atoms with Gasteiger partial charge in [-0.25, -0.2) is 0 Å². The molecule has 1 amide bonds. The van der Waals surface area contributed by atoms with E-state index in [-0.39, 0.29) is 43.9 Å². The van der Waals surface area contributed by atoms with E-state index >= 15 is 0 Å². The largest absolute Gasteiger partial charge is 0.491 e. The van der Waals surface area contributed by atoms with Gasteiger partial charge in [0.05, 0.1) is 0 Å². The van der Waals surface area contributed by atoms with Crippen LogP contribution in [-0.2, 0) is 4.79 Å². The van der Waals surface area contributed by atoms with Crippen molar-refractivity contribution < 1.29 is 14.6 Å². The third kappa shape index (κ3) is 7.56. The van der Waals surface area contributed by atoms with Gasteiger partial charge in [-0.2, -0.15) is 0 Å². The molecule has 0 aliphatic rings. The molecule has 0 radical (unpaired) electrons. The summed E-state index contributed by atoms with van der Waals surface area (Å²) < 4.78 is 5.51. The fourth-order valence-corrected chi connectivity index (χ4v) is 2.28. The first-order valence-corrected chi connectivity index (χ1v) is 7.99. The second kappa shape index (κ2) is 10.7. The van der Waals surface area contributed by atoms with E-state index in [1.54, 1.807) is 0 Å². The van der Waals surface area contributed by atoms with Gasteiger partial charge in [0.2, 0.25) is 5.91 Å². The van der Waals surface area contributed by atoms with Crippen LogP contribution in [0.1, 0.15) is 23.6 Å². The van der Waals surface area contributed by atoms with Crippen LogP contribution in [0.25, 0.3) is 0 Å². The number of nitrogens with one attached hydrogen (secondary N) is 1. The molecule has 2 aromatic rings. The standard InChI is InChI=1S/C19H24N2O3.ClH/c1-14-6-5-9-17(10-14)24-13-16(22)12-21-19(23)11-18(20)15-7-3-2-4-8-15;/h2-10,16,18,22H,11-13,20H2,1H3,(H,21,23);1H. The summed E-state index contributed by atoms with van der Waals surface area (Å²) in [5.41, 5.74) is 8.00. The minimum absolute atomic E-state index is 0. The molecule has 4 N–H and O–H groups in total. The maximum Gasteiger partial charge on any atom is 0.221 e. The average Bonchev–Trinajstić information content (AvgIpc) is 2.59. The van der Waals surface area contributed by atoms with Gasteiger partial charge < -0.3 is 20.9 Å². The van der Waals surface area contributed by atoms with Crippen LogP contribution in [0, 0.1) is 6.92 Å². The number of aliphatic hydroxyl groups is 1. The Morgan fingerprint density at radius 3 is 2.60 bits per heavy atom. The van der Waals surface area contributed by atoms with Crippen LogP contribution in [-0.4, -0.2) is 30.3 Å². The molecule has 2 unspecified atom stereocenters. The Kier molecular flexibility index (Phi) is 8.99.